The van der Waals surface area contributed by atoms with Gasteiger partial charge in [-0.05, 0) is 30.7 Å². The highest BCUT2D eigenvalue weighted by Gasteiger charge is 2.43. The van der Waals surface area contributed by atoms with Crippen molar-refractivity contribution in [1.29, 1.82) is 0 Å². The monoisotopic (exact) mass is 379 g/mol. The van der Waals surface area contributed by atoms with Crippen LogP contribution in [0.4, 0.5) is 0 Å². The van der Waals surface area contributed by atoms with E-state index in [0.29, 0.717) is 6.61 Å². The van der Waals surface area contributed by atoms with Crippen LogP contribution in [0.5, 0.6) is 5.75 Å². The number of benzene rings is 1. The summed E-state index contributed by atoms with van der Waals surface area (Å²) in [5, 5.41) is 4.28. The number of fused-ring (bicyclic) bond motifs is 1. The Balaban J connectivity index is 1.35. The van der Waals surface area contributed by atoms with Crippen LogP contribution in [-0.2, 0) is 31.5 Å². The van der Waals surface area contributed by atoms with Gasteiger partial charge < -0.3 is 14.0 Å². The quantitative estimate of drug-likeness (QED) is 0.697. The summed E-state index contributed by atoms with van der Waals surface area (Å²) >= 11 is 0. The molecule has 2 aromatic heterocycles. The summed E-state index contributed by atoms with van der Waals surface area (Å²) < 4.78 is 15.8. The molecule has 146 valence electrons. The number of aromatic nitrogens is 4. The van der Waals surface area contributed by atoms with Crippen molar-refractivity contribution in [2.45, 2.75) is 31.7 Å². The average molecular weight is 379 g/mol. The van der Waals surface area contributed by atoms with E-state index < -0.39 is 0 Å². The molecule has 7 nitrogen and oxygen atoms in total. The lowest BCUT2D eigenvalue weighted by Crippen LogP contribution is -2.44. The molecule has 2 aliphatic heterocycles. The molecule has 28 heavy (non-hydrogen) atoms. The zero-order valence-electron chi connectivity index (χ0n) is 16.3. The number of imidazole rings is 1. The lowest BCUT2D eigenvalue weighted by molar-refractivity contribution is -0.0821. The molecule has 1 aromatic carbocycles. The topological polar surface area (TPSA) is 57.3 Å². The van der Waals surface area contributed by atoms with Crippen molar-refractivity contribution in [1.82, 2.24) is 24.2 Å². The van der Waals surface area contributed by atoms with E-state index in [0.717, 1.165) is 55.4 Å². The molecule has 7 heteroatoms. The van der Waals surface area contributed by atoms with Gasteiger partial charge in [-0.25, -0.2) is 4.98 Å². The number of ether oxygens (including phenoxy) is 2. The molecule has 1 spiro atoms. The number of likely N-dealkylation sites (tertiary alicyclic amines) is 1. The van der Waals surface area contributed by atoms with E-state index in [4.69, 9.17) is 9.47 Å². The molecule has 0 bridgehead atoms. The Kier molecular flexibility index (Phi) is 4.21. The Bertz CT molecular complexity index is 977. The molecule has 1 fully saturated rings. The van der Waals surface area contributed by atoms with Gasteiger partial charge in [-0.3, -0.25) is 9.58 Å². The largest absolute Gasteiger partial charge is 0.497 e. The molecule has 0 saturated carbocycles. The predicted octanol–water partition coefficient (Wildman–Crippen LogP) is 2.47. The number of hydrogen-bond acceptors (Lipinski definition) is 5. The minimum Gasteiger partial charge on any atom is -0.497 e. The van der Waals surface area contributed by atoms with Gasteiger partial charge in [0, 0.05) is 44.0 Å². The van der Waals surface area contributed by atoms with Gasteiger partial charge in [-0.15, -0.1) is 0 Å². The zero-order valence-corrected chi connectivity index (χ0v) is 16.3. The van der Waals surface area contributed by atoms with Crippen molar-refractivity contribution in [3.8, 4) is 17.0 Å². The average Bonchev–Trinajstić information content (AvgIpc) is 3.42. The van der Waals surface area contributed by atoms with Crippen molar-refractivity contribution >= 4 is 0 Å². The van der Waals surface area contributed by atoms with Crippen molar-refractivity contribution < 1.29 is 9.47 Å². The summed E-state index contributed by atoms with van der Waals surface area (Å²) in [5.41, 5.74) is 3.40. The third kappa shape index (κ3) is 3.10. The van der Waals surface area contributed by atoms with Gasteiger partial charge in [-0.2, -0.15) is 5.10 Å². The maximum absolute atomic E-state index is 6.35. The summed E-state index contributed by atoms with van der Waals surface area (Å²) in [5.74, 6) is 1.87. The third-order valence-corrected chi connectivity index (χ3v) is 5.84. The molecule has 0 aliphatic carbocycles. The van der Waals surface area contributed by atoms with E-state index >= 15 is 0 Å². The van der Waals surface area contributed by atoms with Gasteiger partial charge in [0.25, 0.3) is 0 Å². The van der Waals surface area contributed by atoms with Crippen LogP contribution in [0, 0.1) is 0 Å². The number of methoxy groups -OCH3 is 1. The van der Waals surface area contributed by atoms with E-state index in [1.54, 1.807) is 7.11 Å². The Morgan fingerprint density at radius 3 is 2.79 bits per heavy atom. The van der Waals surface area contributed by atoms with Gasteiger partial charge in [0.15, 0.2) is 0 Å². The highest BCUT2D eigenvalue weighted by Crippen LogP contribution is 2.35. The Morgan fingerprint density at radius 2 is 2.04 bits per heavy atom. The van der Waals surface area contributed by atoms with Crippen molar-refractivity contribution in [2.75, 3.05) is 20.2 Å². The SMILES string of the molecule is COc1ccc(-c2cnc3n2C[C@]2(CCN(Cc4cnn(C)c4)C2)OC3)cc1. The third-order valence-electron chi connectivity index (χ3n) is 5.84. The normalized spacial score (nSPS) is 21.9. The first-order chi connectivity index (χ1) is 13.6. The van der Waals surface area contributed by atoms with Gasteiger partial charge in [0.1, 0.15) is 23.8 Å². The van der Waals surface area contributed by atoms with Crippen molar-refractivity contribution in [3.63, 3.8) is 0 Å². The highest BCUT2D eigenvalue weighted by molar-refractivity contribution is 5.60. The van der Waals surface area contributed by atoms with E-state index in [9.17, 15) is 0 Å². The second kappa shape index (κ2) is 6.76. The standard InChI is InChI=1S/C21H25N5O2/c1-24-11-16(9-23-24)12-25-8-7-21(14-25)15-26-19(10-22-20(26)13-28-21)17-3-5-18(27-2)6-4-17/h3-6,9-11H,7-8,12-15H2,1-2H3/t21-/m1/s1. The van der Waals surface area contributed by atoms with Crippen LogP contribution in [0.1, 0.15) is 17.8 Å². The summed E-state index contributed by atoms with van der Waals surface area (Å²) in [6.07, 6.45) is 7.03. The van der Waals surface area contributed by atoms with Crippen LogP contribution in [0.3, 0.4) is 0 Å². The van der Waals surface area contributed by atoms with Crippen molar-refractivity contribution in [2.24, 2.45) is 7.05 Å². The minimum absolute atomic E-state index is 0.142. The smallest absolute Gasteiger partial charge is 0.135 e. The summed E-state index contributed by atoms with van der Waals surface area (Å²) in [4.78, 5) is 7.07. The molecule has 4 heterocycles. The molecule has 0 N–H and O–H groups in total. The van der Waals surface area contributed by atoms with Crippen LogP contribution in [0.15, 0.2) is 42.9 Å². The Labute approximate surface area is 164 Å². The number of hydrogen-bond donors (Lipinski definition) is 0. The fourth-order valence-corrected chi connectivity index (χ4v) is 4.37. The van der Waals surface area contributed by atoms with Crippen molar-refractivity contribution in [3.05, 3.63) is 54.2 Å². The predicted molar refractivity (Wildman–Crippen MR) is 105 cm³/mol. The first-order valence-corrected chi connectivity index (χ1v) is 9.67. The number of nitrogens with zero attached hydrogens (tertiary/aromatic N) is 5. The lowest BCUT2D eigenvalue weighted by Gasteiger charge is -2.35. The molecule has 5 rings (SSSR count). The maximum Gasteiger partial charge on any atom is 0.135 e. The van der Waals surface area contributed by atoms with Crippen LogP contribution in [-0.4, -0.2) is 50.0 Å². The van der Waals surface area contributed by atoms with E-state index in [1.807, 2.05) is 36.3 Å². The fraction of sp³-hybridized carbons (Fsp3) is 0.429. The summed E-state index contributed by atoms with van der Waals surface area (Å²) in [7, 11) is 3.65. The molecule has 0 unspecified atom stereocenters. The molecular formula is C21H25N5O2. The first-order valence-electron chi connectivity index (χ1n) is 9.67. The van der Waals surface area contributed by atoms with Gasteiger partial charge in [-0.1, -0.05) is 0 Å². The highest BCUT2D eigenvalue weighted by atomic mass is 16.5. The molecule has 2 aliphatic rings. The van der Waals surface area contributed by atoms with E-state index in [-0.39, 0.29) is 5.60 Å². The molecule has 0 radical (unpaired) electrons. The van der Waals surface area contributed by atoms with Crippen LogP contribution in [0.2, 0.25) is 0 Å². The maximum atomic E-state index is 6.35. The van der Waals surface area contributed by atoms with Crippen LogP contribution in [0.25, 0.3) is 11.3 Å². The van der Waals surface area contributed by atoms with Gasteiger partial charge in [0.2, 0.25) is 0 Å². The van der Waals surface area contributed by atoms with Crippen LogP contribution < -0.4 is 4.74 Å². The molecule has 3 aromatic rings. The van der Waals surface area contributed by atoms with Crippen LogP contribution >= 0.6 is 0 Å². The Morgan fingerprint density at radius 1 is 1.18 bits per heavy atom. The number of rotatable bonds is 4. The van der Waals surface area contributed by atoms with E-state index in [2.05, 4.69) is 37.9 Å². The molecule has 0 amide bonds. The Hall–Kier alpha value is -2.64. The molecule has 1 saturated heterocycles. The number of aryl methyl sites for hydroxylation is 1. The first kappa shape index (κ1) is 17.5. The second-order valence-corrected chi connectivity index (χ2v) is 7.83. The molecular weight excluding hydrogens is 354 g/mol. The van der Waals surface area contributed by atoms with Gasteiger partial charge >= 0.3 is 0 Å². The lowest BCUT2D eigenvalue weighted by atomic mass is 10.0. The van der Waals surface area contributed by atoms with E-state index in [1.165, 1.54) is 5.56 Å². The fourth-order valence-electron chi connectivity index (χ4n) is 4.37. The minimum atomic E-state index is -0.142. The van der Waals surface area contributed by atoms with Gasteiger partial charge in [0.05, 0.1) is 31.7 Å². The summed E-state index contributed by atoms with van der Waals surface area (Å²) in [6, 6.07) is 8.17. The molecule has 1 atom stereocenters. The summed E-state index contributed by atoms with van der Waals surface area (Å²) in [6.45, 7) is 4.30. The zero-order chi connectivity index (χ0) is 19.1. The second-order valence-electron chi connectivity index (χ2n) is 7.83.